The van der Waals surface area contributed by atoms with E-state index < -0.39 is 69.7 Å². The van der Waals surface area contributed by atoms with E-state index in [1.807, 2.05) is 0 Å². The molecule has 0 saturated carbocycles. The van der Waals surface area contributed by atoms with Gasteiger partial charge in [0.2, 0.25) is 0 Å². The Kier molecular flexibility index (Phi) is 13.0. The summed E-state index contributed by atoms with van der Waals surface area (Å²) in [5, 5.41) is 0.364. The molecule has 5 nitrogen and oxygen atoms in total. The van der Waals surface area contributed by atoms with Gasteiger partial charge in [0.1, 0.15) is 20.2 Å². The summed E-state index contributed by atoms with van der Waals surface area (Å²) in [6.45, 7) is 35.2. The van der Waals surface area contributed by atoms with Crippen molar-refractivity contribution in [2.24, 2.45) is 0 Å². The van der Waals surface area contributed by atoms with Crippen LogP contribution < -0.4 is 0 Å². The van der Waals surface area contributed by atoms with Gasteiger partial charge in [-0.2, -0.15) is 0 Å². The molecule has 0 aromatic heterocycles. The lowest BCUT2D eigenvalue weighted by molar-refractivity contribution is 0.00506. The standard InChI is InChI=1S/C18H56O5Si9/c1-18(20-29(6,7)8,17(26-21-24)31(12,13)23-30(9,10)11)16(19-28(3,4)5)27-32(14,15)22-25-2/h16-17H,25-27H2,1-15,24H3. The van der Waals surface area contributed by atoms with E-state index in [-0.39, 0.29) is 11.3 Å². The first-order chi connectivity index (χ1) is 14.0. The van der Waals surface area contributed by atoms with Crippen LogP contribution in [-0.4, -0.2) is 91.5 Å². The van der Waals surface area contributed by atoms with Crippen LogP contribution in [-0.2, 0) is 21.2 Å². The Balaban J connectivity index is 6.76. The van der Waals surface area contributed by atoms with Gasteiger partial charge in [0.15, 0.2) is 50.9 Å². The van der Waals surface area contributed by atoms with Crippen molar-refractivity contribution in [3.8, 4) is 0 Å². The highest BCUT2D eigenvalue weighted by atomic mass is 29.2. The normalized spacial score (nSPS) is 19.6. The van der Waals surface area contributed by atoms with Gasteiger partial charge in [-0.05, 0) is 92.0 Å². The summed E-state index contributed by atoms with van der Waals surface area (Å²) in [5.41, 5.74) is -0.180. The first-order valence-electron chi connectivity index (χ1n) is 12.2. The van der Waals surface area contributed by atoms with Gasteiger partial charge in [-0.1, -0.05) is 6.55 Å². The van der Waals surface area contributed by atoms with Crippen molar-refractivity contribution in [1.82, 2.24) is 0 Å². The molecule has 0 radical (unpaired) electrons. The van der Waals surface area contributed by atoms with Crippen LogP contribution in [0.2, 0.25) is 96.8 Å². The molecule has 0 aromatic carbocycles. The van der Waals surface area contributed by atoms with Gasteiger partial charge in [-0.15, -0.1) is 0 Å². The van der Waals surface area contributed by atoms with Crippen LogP contribution in [0, 0.1) is 0 Å². The minimum atomic E-state index is -2.10. The van der Waals surface area contributed by atoms with E-state index in [1.54, 1.807) is 0 Å². The third-order valence-electron chi connectivity index (χ3n) is 5.31. The van der Waals surface area contributed by atoms with Gasteiger partial charge < -0.3 is 21.2 Å². The molecule has 0 aliphatic rings. The van der Waals surface area contributed by atoms with Crippen molar-refractivity contribution in [3.05, 3.63) is 0 Å². The van der Waals surface area contributed by atoms with Crippen LogP contribution in [0.15, 0.2) is 0 Å². The zero-order valence-corrected chi connectivity index (χ0v) is 35.6. The second kappa shape index (κ2) is 12.3. The SMILES string of the molecule is C[SiH2]O[Si](C)(C)[SiH2]C(O[Si](C)(C)C)C(C)(O[Si](C)(C)C)C([SiH2]O[SiH3])[Si](C)(C)O[Si](C)(C)C. The summed E-state index contributed by atoms with van der Waals surface area (Å²) in [6, 6.07) is 0. The zero-order valence-electron chi connectivity index (χ0n) is 24.3. The van der Waals surface area contributed by atoms with Crippen LogP contribution >= 0.6 is 0 Å². The minimum absolute atomic E-state index is 0.162. The predicted molar refractivity (Wildman–Crippen MR) is 168 cm³/mol. The molecule has 0 aromatic rings. The molecule has 0 saturated heterocycles. The lowest BCUT2D eigenvalue weighted by Gasteiger charge is -2.54. The summed E-state index contributed by atoms with van der Waals surface area (Å²) in [7, 11) is -10.3. The number of rotatable bonds is 15. The summed E-state index contributed by atoms with van der Waals surface area (Å²) in [4.78, 5) is 0. The Labute approximate surface area is 215 Å². The van der Waals surface area contributed by atoms with E-state index in [4.69, 9.17) is 21.2 Å². The monoisotopic (exact) mass is 604 g/mol. The fraction of sp³-hybridized carbons (Fsp3) is 1.00. The Morgan fingerprint density at radius 3 is 1.62 bits per heavy atom. The average Bonchev–Trinajstić information content (AvgIpc) is 2.45. The molecule has 32 heavy (non-hydrogen) atoms. The molecular weight excluding hydrogens is 549 g/mol. The van der Waals surface area contributed by atoms with E-state index in [2.05, 4.69) is 98.6 Å². The molecule has 0 aliphatic heterocycles. The topological polar surface area (TPSA) is 46.2 Å². The smallest absolute Gasteiger partial charge is 0.184 e. The Morgan fingerprint density at radius 1 is 0.781 bits per heavy atom. The van der Waals surface area contributed by atoms with E-state index >= 15 is 0 Å². The molecule has 0 rings (SSSR count). The lowest BCUT2D eigenvalue weighted by Crippen LogP contribution is -2.67. The van der Waals surface area contributed by atoms with Crippen molar-refractivity contribution in [2.45, 2.75) is 115 Å². The third kappa shape index (κ3) is 12.6. The average molecular weight is 605 g/mol. The van der Waals surface area contributed by atoms with Crippen molar-refractivity contribution in [1.29, 1.82) is 0 Å². The van der Waals surface area contributed by atoms with Gasteiger partial charge >= 0.3 is 0 Å². The molecule has 3 atom stereocenters. The summed E-state index contributed by atoms with van der Waals surface area (Å²) >= 11 is 0. The van der Waals surface area contributed by atoms with Gasteiger partial charge in [-0.3, -0.25) is 0 Å². The van der Waals surface area contributed by atoms with E-state index in [0.717, 1.165) is 10.5 Å². The van der Waals surface area contributed by atoms with Gasteiger partial charge in [-0.25, -0.2) is 0 Å². The highest BCUT2D eigenvalue weighted by Gasteiger charge is 2.55. The van der Waals surface area contributed by atoms with E-state index in [0.29, 0.717) is 5.16 Å². The minimum Gasteiger partial charge on any atom is -0.468 e. The zero-order chi connectivity index (χ0) is 25.8. The van der Waals surface area contributed by atoms with Crippen molar-refractivity contribution >= 4 is 80.2 Å². The molecular formula is C18H56O5Si9. The van der Waals surface area contributed by atoms with Gasteiger partial charge in [0, 0.05) is 5.16 Å². The van der Waals surface area contributed by atoms with Crippen molar-refractivity contribution in [3.63, 3.8) is 0 Å². The Hall–Kier alpha value is 1.75. The molecule has 0 N–H and O–H groups in total. The Bertz CT molecular complexity index is 573. The van der Waals surface area contributed by atoms with Gasteiger partial charge in [0.05, 0.1) is 20.4 Å². The molecule has 0 spiro atoms. The van der Waals surface area contributed by atoms with Crippen LogP contribution in [0.4, 0.5) is 0 Å². The predicted octanol–water partition coefficient (Wildman–Crippen LogP) is 2.56. The molecule has 194 valence electrons. The van der Waals surface area contributed by atoms with E-state index in [1.165, 1.54) is 0 Å². The fourth-order valence-electron chi connectivity index (χ4n) is 4.79. The highest BCUT2D eigenvalue weighted by molar-refractivity contribution is 7.21. The number of hydrogen-bond donors (Lipinski definition) is 0. The maximum atomic E-state index is 7.26. The molecule has 14 heteroatoms. The van der Waals surface area contributed by atoms with Crippen LogP contribution in [0.3, 0.4) is 0 Å². The molecule has 0 aliphatic carbocycles. The second-order valence-corrected chi connectivity index (χ2v) is 48.2. The maximum Gasteiger partial charge on any atom is 0.184 e. The van der Waals surface area contributed by atoms with Crippen LogP contribution in [0.1, 0.15) is 6.92 Å². The largest absolute Gasteiger partial charge is 0.468 e. The highest BCUT2D eigenvalue weighted by Crippen LogP contribution is 2.43. The summed E-state index contributed by atoms with van der Waals surface area (Å²) in [6.07, 6.45) is 0. The first kappa shape index (κ1) is 33.8. The van der Waals surface area contributed by atoms with Crippen LogP contribution in [0.5, 0.6) is 0 Å². The maximum absolute atomic E-state index is 7.26. The third-order valence-corrected chi connectivity index (χ3v) is 32.9. The molecule has 3 unspecified atom stereocenters. The van der Waals surface area contributed by atoms with Crippen LogP contribution in [0.25, 0.3) is 0 Å². The van der Waals surface area contributed by atoms with Gasteiger partial charge in [0.25, 0.3) is 0 Å². The fourth-order valence-corrected chi connectivity index (χ4v) is 37.5. The molecule has 0 bridgehead atoms. The number of hydrogen-bond acceptors (Lipinski definition) is 5. The first-order valence-corrected chi connectivity index (χ1v) is 35.7. The molecule has 0 amide bonds. The summed E-state index contributed by atoms with van der Waals surface area (Å²) in [5.74, 6) is 0. The molecule has 0 fully saturated rings. The summed E-state index contributed by atoms with van der Waals surface area (Å²) < 4.78 is 34.0. The van der Waals surface area contributed by atoms with E-state index in [9.17, 15) is 0 Å². The quantitative estimate of drug-likeness (QED) is 0.269. The Morgan fingerprint density at radius 2 is 1.28 bits per heavy atom. The second-order valence-electron chi connectivity index (χ2n) is 13.3. The van der Waals surface area contributed by atoms with Crippen molar-refractivity contribution < 1.29 is 21.2 Å². The lowest BCUT2D eigenvalue weighted by atomic mass is 10.1. The van der Waals surface area contributed by atoms with Crippen molar-refractivity contribution in [2.75, 3.05) is 0 Å². The molecule has 0 heterocycles.